The molecule has 3 nitrogen and oxygen atoms in total. The highest BCUT2D eigenvalue weighted by atomic mass is 15.2. The molecule has 0 bridgehead atoms. The third-order valence-corrected chi connectivity index (χ3v) is 4.09. The molecular formula is C13H27N3. The van der Waals surface area contributed by atoms with Gasteiger partial charge in [-0.2, -0.15) is 0 Å². The molecule has 94 valence electrons. The lowest BCUT2D eigenvalue weighted by molar-refractivity contribution is 0.255. The van der Waals surface area contributed by atoms with E-state index in [-0.39, 0.29) is 0 Å². The largest absolute Gasteiger partial charge is 0.314 e. The molecule has 0 aliphatic carbocycles. The lowest BCUT2D eigenvalue weighted by atomic mass is 10.1. The Hall–Kier alpha value is -0.120. The monoisotopic (exact) mass is 225 g/mol. The predicted octanol–water partition coefficient (Wildman–Crippen LogP) is 1.20. The highest BCUT2D eigenvalue weighted by Gasteiger charge is 2.22. The van der Waals surface area contributed by atoms with Crippen LogP contribution in [0.4, 0.5) is 0 Å². The van der Waals surface area contributed by atoms with E-state index in [0.717, 1.165) is 18.6 Å². The fourth-order valence-corrected chi connectivity index (χ4v) is 3.07. The summed E-state index contributed by atoms with van der Waals surface area (Å²) in [6.07, 6.45) is 6.91. The number of nitrogens with zero attached hydrogens (tertiary/aromatic N) is 1. The summed E-state index contributed by atoms with van der Waals surface area (Å²) >= 11 is 0. The topological polar surface area (TPSA) is 27.3 Å². The van der Waals surface area contributed by atoms with Crippen molar-refractivity contribution in [3.05, 3.63) is 0 Å². The Bertz CT molecular complexity index is 190. The van der Waals surface area contributed by atoms with Gasteiger partial charge in [-0.05, 0) is 45.3 Å². The van der Waals surface area contributed by atoms with Crippen molar-refractivity contribution in [3.63, 3.8) is 0 Å². The lowest BCUT2D eigenvalue weighted by Gasteiger charge is -2.26. The van der Waals surface area contributed by atoms with Gasteiger partial charge in [-0.15, -0.1) is 0 Å². The molecule has 0 radical (unpaired) electrons. The van der Waals surface area contributed by atoms with Gasteiger partial charge in [0.05, 0.1) is 0 Å². The zero-order chi connectivity index (χ0) is 11.2. The third-order valence-electron chi connectivity index (χ3n) is 4.09. The van der Waals surface area contributed by atoms with Crippen LogP contribution in [0.2, 0.25) is 0 Å². The van der Waals surface area contributed by atoms with Gasteiger partial charge in [-0.1, -0.05) is 13.3 Å². The molecule has 16 heavy (non-hydrogen) atoms. The van der Waals surface area contributed by atoms with Gasteiger partial charge < -0.3 is 10.6 Å². The van der Waals surface area contributed by atoms with Crippen molar-refractivity contribution in [2.45, 2.75) is 51.1 Å². The van der Waals surface area contributed by atoms with Crippen LogP contribution in [0.1, 0.15) is 39.0 Å². The zero-order valence-electron chi connectivity index (χ0n) is 10.7. The molecule has 2 N–H and O–H groups in total. The van der Waals surface area contributed by atoms with Crippen LogP contribution in [0.3, 0.4) is 0 Å². The van der Waals surface area contributed by atoms with Crippen LogP contribution >= 0.6 is 0 Å². The van der Waals surface area contributed by atoms with Gasteiger partial charge in [0.25, 0.3) is 0 Å². The second kappa shape index (κ2) is 6.58. The maximum atomic E-state index is 3.66. The first-order valence-corrected chi connectivity index (χ1v) is 7.08. The molecule has 0 aromatic carbocycles. The molecule has 2 saturated heterocycles. The Labute approximate surface area is 100.0 Å². The molecule has 3 heteroatoms. The lowest BCUT2D eigenvalue weighted by Crippen LogP contribution is -2.45. The van der Waals surface area contributed by atoms with Gasteiger partial charge in [0.1, 0.15) is 0 Å². The summed E-state index contributed by atoms with van der Waals surface area (Å²) in [6.45, 7) is 8.37. The van der Waals surface area contributed by atoms with Crippen molar-refractivity contribution in [3.8, 4) is 0 Å². The first-order chi connectivity index (χ1) is 7.90. The van der Waals surface area contributed by atoms with E-state index in [2.05, 4.69) is 22.5 Å². The molecule has 2 rings (SSSR count). The molecule has 2 unspecified atom stereocenters. The Morgan fingerprint density at radius 2 is 2.12 bits per heavy atom. The first kappa shape index (κ1) is 12.3. The molecule has 2 fully saturated rings. The van der Waals surface area contributed by atoms with E-state index < -0.39 is 0 Å². The molecule has 2 atom stereocenters. The van der Waals surface area contributed by atoms with Crippen LogP contribution in [-0.4, -0.2) is 49.7 Å². The van der Waals surface area contributed by atoms with E-state index >= 15 is 0 Å². The Morgan fingerprint density at radius 1 is 1.19 bits per heavy atom. The van der Waals surface area contributed by atoms with Gasteiger partial charge in [-0.3, -0.25) is 4.90 Å². The van der Waals surface area contributed by atoms with Crippen molar-refractivity contribution in [1.82, 2.24) is 15.5 Å². The number of likely N-dealkylation sites (N-methyl/N-ethyl adjacent to an activating group) is 1. The molecule has 2 heterocycles. The van der Waals surface area contributed by atoms with Crippen LogP contribution in [0.15, 0.2) is 0 Å². The van der Waals surface area contributed by atoms with Gasteiger partial charge in [0, 0.05) is 25.2 Å². The van der Waals surface area contributed by atoms with E-state index in [0.29, 0.717) is 0 Å². The Balaban J connectivity index is 1.59. The van der Waals surface area contributed by atoms with Crippen molar-refractivity contribution in [1.29, 1.82) is 0 Å². The van der Waals surface area contributed by atoms with Crippen LogP contribution < -0.4 is 10.6 Å². The van der Waals surface area contributed by atoms with Crippen LogP contribution in [0.25, 0.3) is 0 Å². The number of nitrogens with one attached hydrogen (secondary N) is 2. The number of rotatable bonds is 5. The van der Waals surface area contributed by atoms with Crippen molar-refractivity contribution in [2.24, 2.45) is 0 Å². The second-order valence-corrected chi connectivity index (χ2v) is 5.23. The number of likely N-dealkylation sites (tertiary alicyclic amines) is 1. The van der Waals surface area contributed by atoms with Gasteiger partial charge in [-0.25, -0.2) is 0 Å². The van der Waals surface area contributed by atoms with Gasteiger partial charge in [0.15, 0.2) is 0 Å². The van der Waals surface area contributed by atoms with Crippen LogP contribution in [-0.2, 0) is 0 Å². The highest BCUT2D eigenvalue weighted by molar-refractivity contribution is 4.81. The molecule has 0 aromatic heterocycles. The molecule has 0 aromatic rings. The second-order valence-electron chi connectivity index (χ2n) is 5.23. The van der Waals surface area contributed by atoms with Gasteiger partial charge in [0.2, 0.25) is 0 Å². The minimum Gasteiger partial charge on any atom is -0.314 e. The molecule has 2 aliphatic rings. The number of hydrogen-bond acceptors (Lipinski definition) is 3. The predicted molar refractivity (Wildman–Crippen MR) is 68.8 cm³/mol. The average molecular weight is 225 g/mol. The zero-order valence-corrected chi connectivity index (χ0v) is 10.7. The first-order valence-electron chi connectivity index (χ1n) is 7.08. The SMILES string of the molecule is CCN1CCCC1CNCC1CCCCN1. The number of piperidine rings is 1. The summed E-state index contributed by atoms with van der Waals surface area (Å²) in [5.74, 6) is 0. The maximum absolute atomic E-state index is 3.66. The molecule has 0 spiro atoms. The summed E-state index contributed by atoms with van der Waals surface area (Å²) < 4.78 is 0. The normalized spacial score (nSPS) is 32.1. The minimum atomic E-state index is 0.727. The van der Waals surface area contributed by atoms with Gasteiger partial charge >= 0.3 is 0 Å². The van der Waals surface area contributed by atoms with Crippen molar-refractivity contribution in [2.75, 3.05) is 32.7 Å². The van der Waals surface area contributed by atoms with E-state index in [9.17, 15) is 0 Å². The quantitative estimate of drug-likeness (QED) is 0.736. The van der Waals surface area contributed by atoms with Crippen LogP contribution in [0, 0.1) is 0 Å². The Morgan fingerprint density at radius 3 is 2.88 bits per heavy atom. The summed E-state index contributed by atoms with van der Waals surface area (Å²) in [5.41, 5.74) is 0. The fourth-order valence-electron chi connectivity index (χ4n) is 3.07. The summed E-state index contributed by atoms with van der Waals surface area (Å²) in [5, 5.41) is 7.25. The van der Waals surface area contributed by atoms with Crippen molar-refractivity contribution < 1.29 is 0 Å². The van der Waals surface area contributed by atoms with E-state index in [1.807, 2.05) is 0 Å². The highest BCUT2D eigenvalue weighted by Crippen LogP contribution is 2.15. The van der Waals surface area contributed by atoms with E-state index in [4.69, 9.17) is 0 Å². The average Bonchev–Trinajstić information content (AvgIpc) is 2.78. The molecular weight excluding hydrogens is 198 g/mol. The summed E-state index contributed by atoms with van der Waals surface area (Å²) in [4.78, 5) is 2.61. The maximum Gasteiger partial charge on any atom is 0.0221 e. The number of hydrogen-bond donors (Lipinski definition) is 2. The molecule has 0 amide bonds. The van der Waals surface area contributed by atoms with Crippen LogP contribution in [0.5, 0.6) is 0 Å². The van der Waals surface area contributed by atoms with Crippen molar-refractivity contribution >= 4 is 0 Å². The third kappa shape index (κ3) is 3.44. The minimum absolute atomic E-state index is 0.727. The molecule has 2 aliphatic heterocycles. The van der Waals surface area contributed by atoms with E-state index in [1.165, 1.54) is 58.3 Å². The molecule has 0 saturated carbocycles. The fraction of sp³-hybridized carbons (Fsp3) is 1.00. The Kier molecular flexibility index (Phi) is 5.07. The standard InChI is InChI=1S/C13H27N3/c1-2-16-9-5-7-13(16)11-14-10-12-6-3-4-8-15-12/h12-15H,2-11H2,1H3. The van der Waals surface area contributed by atoms with E-state index in [1.54, 1.807) is 0 Å². The smallest absolute Gasteiger partial charge is 0.0221 e. The summed E-state index contributed by atoms with van der Waals surface area (Å²) in [7, 11) is 0. The summed E-state index contributed by atoms with van der Waals surface area (Å²) in [6, 6.07) is 1.53.